The van der Waals surface area contributed by atoms with Gasteiger partial charge in [-0.2, -0.15) is 14.7 Å². The minimum absolute atomic E-state index is 0.0280. The molecule has 12 heteroatoms. The number of aliphatic hydroxyl groups excluding tert-OH is 1. The molecule has 0 aromatic carbocycles. The first-order chi connectivity index (χ1) is 17.9. The van der Waals surface area contributed by atoms with Crippen molar-refractivity contribution in [3.05, 3.63) is 47.8 Å². The summed E-state index contributed by atoms with van der Waals surface area (Å²) in [6, 6.07) is 2.92. The van der Waals surface area contributed by atoms with Gasteiger partial charge in [-0.1, -0.05) is 0 Å². The fraction of sp³-hybridized carbons (Fsp3) is 0.360. The molecule has 0 spiro atoms. The van der Waals surface area contributed by atoms with Gasteiger partial charge in [0.1, 0.15) is 23.8 Å². The lowest BCUT2D eigenvalue weighted by atomic mass is 9.85. The minimum atomic E-state index is -0.546. The third kappa shape index (κ3) is 3.67. The molecule has 3 atom stereocenters. The van der Waals surface area contributed by atoms with Gasteiger partial charge in [-0.05, 0) is 44.7 Å². The number of nitrogens with two attached hydrogens (primary N) is 1. The van der Waals surface area contributed by atoms with Gasteiger partial charge < -0.3 is 15.7 Å². The number of aromatic nitrogens is 6. The van der Waals surface area contributed by atoms with E-state index < -0.39 is 12.4 Å². The fourth-order valence-corrected chi connectivity index (χ4v) is 5.95. The second-order valence-electron chi connectivity index (χ2n) is 9.63. The van der Waals surface area contributed by atoms with E-state index in [4.69, 9.17) is 10.7 Å². The van der Waals surface area contributed by atoms with E-state index in [9.17, 15) is 19.1 Å². The summed E-state index contributed by atoms with van der Waals surface area (Å²) < 4.78 is 16.4. The number of carbonyl (C=O) groups is 2. The molecule has 6 rings (SSSR count). The maximum absolute atomic E-state index is 15.0. The topological polar surface area (TPSA) is 155 Å². The van der Waals surface area contributed by atoms with Crippen LogP contribution >= 0.6 is 0 Å². The van der Waals surface area contributed by atoms with Crippen LogP contribution in [-0.4, -0.2) is 70.2 Å². The lowest BCUT2D eigenvalue weighted by Crippen LogP contribution is -2.47. The quantitative estimate of drug-likeness (QED) is 0.350. The number of nitrogens with zero attached hydrogens (tertiary/aromatic N) is 6. The summed E-state index contributed by atoms with van der Waals surface area (Å²) in [5, 5.41) is 20.4. The molecule has 11 nitrogen and oxygen atoms in total. The molecule has 6 heterocycles. The van der Waals surface area contributed by atoms with Gasteiger partial charge in [-0.25, -0.2) is 9.37 Å². The summed E-state index contributed by atoms with van der Waals surface area (Å²) in [5.74, 6) is -0.981. The molecule has 2 aliphatic rings. The van der Waals surface area contributed by atoms with Gasteiger partial charge in [0, 0.05) is 41.5 Å². The van der Waals surface area contributed by atoms with Gasteiger partial charge in [0.25, 0.3) is 0 Å². The zero-order valence-electron chi connectivity index (χ0n) is 20.1. The molecule has 0 unspecified atom stereocenters. The third-order valence-corrected chi connectivity index (χ3v) is 7.50. The number of fused-ring (bicyclic) bond motifs is 3. The Morgan fingerprint density at radius 3 is 2.62 bits per heavy atom. The number of piperidine rings is 1. The molecule has 2 fully saturated rings. The molecule has 0 saturated carbocycles. The normalized spacial score (nSPS) is 21.1. The summed E-state index contributed by atoms with van der Waals surface area (Å²) in [6.07, 6.45) is 7.55. The Bertz CT molecular complexity index is 1520. The number of H-pyrrole nitrogens is 1. The molecule has 190 valence electrons. The standard InChI is InChI=1S/C25H25FN8O3/c1-12(36)21-22(13-6-15-2-3-16(7-13)33(15)20(37)11-35)31-25-17(10-30-34(25)24(21)27)14-8-18(26)23(28-9-14)19-4-5-29-32-19/h4-5,8-10,13,15-16,35H,2-3,6-7,11,27H2,1H3,(H,29,32)/t13-,15+,16-. The third-order valence-electron chi connectivity index (χ3n) is 7.50. The summed E-state index contributed by atoms with van der Waals surface area (Å²) >= 11 is 0. The van der Waals surface area contributed by atoms with Crippen LogP contribution in [0.1, 0.15) is 54.6 Å². The highest BCUT2D eigenvalue weighted by molar-refractivity contribution is 6.00. The first-order valence-corrected chi connectivity index (χ1v) is 12.1. The van der Waals surface area contributed by atoms with E-state index in [1.807, 2.05) is 0 Å². The summed E-state index contributed by atoms with van der Waals surface area (Å²) in [7, 11) is 0. The highest BCUT2D eigenvalue weighted by atomic mass is 19.1. The van der Waals surface area contributed by atoms with Crippen LogP contribution < -0.4 is 5.73 Å². The number of amides is 1. The van der Waals surface area contributed by atoms with E-state index in [0.717, 1.165) is 12.8 Å². The summed E-state index contributed by atoms with van der Waals surface area (Å²) in [4.78, 5) is 35.9. The molecule has 2 bridgehead atoms. The van der Waals surface area contributed by atoms with Crippen molar-refractivity contribution in [2.24, 2.45) is 0 Å². The number of ketones is 1. The molecule has 2 saturated heterocycles. The van der Waals surface area contributed by atoms with Crippen molar-refractivity contribution in [2.45, 2.75) is 50.6 Å². The van der Waals surface area contributed by atoms with E-state index in [1.54, 1.807) is 17.2 Å². The molecule has 4 aromatic rings. The van der Waals surface area contributed by atoms with E-state index in [1.165, 1.54) is 29.9 Å². The number of hydrogen-bond donors (Lipinski definition) is 3. The van der Waals surface area contributed by atoms with Crippen molar-refractivity contribution in [3.63, 3.8) is 0 Å². The summed E-state index contributed by atoms with van der Waals surface area (Å²) in [6.45, 7) is 0.926. The number of Topliss-reactive ketones (excluding diaryl/α,β-unsaturated/α-hetero) is 1. The Labute approximate surface area is 210 Å². The first kappa shape index (κ1) is 23.2. The predicted molar refractivity (Wildman–Crippen MR) is 131 cm³/mol. The minimum Gasteiger partial charge on any atom is -0.387 e. The average molecular weight is 505 g/mol. The lowest BCUT2D eigenvalue weighted by Gasteiger charge is -2.39. The molecular weight excluding hydrogens is 479 g/mol. The highest BCUT2D eigenvalue weighted by Crippen LogP contribution is 2.44. The zero-order valence-corrected chi connectivity index (χ0v) is 20.1. The van der Waals surface area contributed by atoms with Crippen molar-refractivity contribution in [1.29, 1.82) is 0 Å². The molecule has 4 aromatic heterocycles. The van der Waals surface area contributed by atoms with Crippen molar-refractivity contribution in [1.82, 2.24) is 34.7 Å². The molecule has 2 aliphatic heterocycles. The van der Waals surface area contributed by atoms with Crippen molar-refractivity contribution >= 4 is 23.2 Å². The van der Waals surface area contributed by atoms with Gasteiger partial charge in [0.15, 0.2) is 17.2 Å². The largest absolute Gasteiger partial charge is 0.387 e. The number of hydrogen-bond acceptors (Lipinski definition) is 8. The Morgan fingerprint density at radius 1 is 1.24 bits per heavy atom. The number of aromatic amines is 1. The molecule has 37 heavy (non-hydrogen) atoms. The first-order valence-electron chi connectivity index (χ1n) is 12.1. The van der Waals surface area contributed by atoms with Crippen molar-refractivity contribution < 1.29 is 19.1 Å². The van der Waals surface area contributed by atoms with Crippen LogP contribution in [0.15, 0.2) is 30.7 Å². The second-order valence-corrected chi connectivity index (χ2v) is 9.63. The second kappa shape index (κ2) is 8.73. The van der Waals surface area contributed by atoms with Gasteiger partial charge in [0.05, 0.1) is 17.5 Å². The van der Waals surface area contributed by atoms with Crippen molar-refractivity contribution in [3.8, 4) is 22.5 Å². The number of pyridine rings is 1. The Morgan fingerprint density at radius 2 is 2.00 bits per heavy atom. The van der Waals surface area contributed by atoms with Gasteiger partial charge in [-0.3, -0.25) is 19.7 Å². The molecule has 1 amide bonds. The number of nitrogens with one attached hydrogen (secondary N) is 1. The lowest BCUT2D eigenvalue weighted by molar-refractivity contribution is -0.138. The Balaban J connectivity index is 1.44. The molecular formula is C25H25FN8O3. The van der Waals surface area contributed by atoms with Gasteiger partial charge in [0.2, 0.25) is 5.91 Å². The maximum Gasteiger partial charge on any atom is 0.248 e. The van der Waals surface area contributed by atoms with Gasteiger partial charge >= 0.3 is 0 Å². The SMILES string of the molecule is CC(=O)c1c([C@H]2C[C@H]3CC[C@@H](C2)N3C(=O)CO)nc2c(-c3cnc(-c4cc[nH]n4)c(F)c3)cnn2c1N. The number of carbonyl (C=O) groups excluding carboxylic acids is 2. The van der Waals surface area contributed by atoms with Crippen molar-refractivity contribution in [2.75, 3.05) is 12.3 Å². The number of nitrogen functional groups attached to an aromatic ring is 1. The number of halogens is 1. The molecule has 0 radical (unpaired) electrons. The van der Waals surface area contributed by atoms with Crippen LogP contribution in [0.25, 0.3) is 28.2 Å². The van der Waals surface area contributed by atoms with E-state index in [0.29, 0.717) is 46.6 Å². The average Bonchev–Trinajstić information content (AvgIpc) is 3.61. The van der Waals surface area contributed by atoms with E-state index >= 15 is 0 Å². The number of anilines is 1. The van der Waals surface area contributed by atoms with Crippen LogP contribution in [0.5, 0.6) is 0 Å². The maximum atomic E-state index is 15.0. The van der Waals surface area contributed by atoms with Crippen LogP contribution in [0, 0.1) is 5.82 Å². The van der Waals surface area contributed by atoms with Crippen LogP contribution in [-0.2, 0) is 4.79 Å². The smallest absolute Gasteiger partial charge is 0.248 e. The van der Waals surface area contributed by atoms with Crippen LogP contribution in [0.3, 0.4) is 0 Å². The van der Waals surface area contributed by atoms with Crippen LogP contribution in [0.2, 0.25) is 0 Å². The molecule has 4 N–H and O–H groups in total. The van der Waals surface area contributed by atoms with Gasteiger partial charge in [-0.15, -0.1) is 0 Å². The molecule has 0 aliphatic carbocycles. The fourth-order valence-electron chi connectivity index (χ4n) is 5.95. The Kier molecular flexibility index (Phi) is 5.48. The van der Waals surface area contributed by atoms with E-state index in [2.05, 4.69) is 20.3 Å². The van der Waals surface area contributed by atoms with E-state index in [-0.39, 0.29) is 41.2 Å². The Hall–Kier alpha value is -4.19. The number of aliphatic hydroxyl groups is 1. The summed E-state index contributed by atoms with van der Waals surface area (Å²) in [5.41, 5.74) is 9.23. The monoisotopic (exact) mass is 504 g/mol. The highest BCUT2D eigenvalue weighted by Gasteiger charge is 2.44. The van der Waals surface area contributed by atoms with Crippen LogP contribution in [0.4, 0.5) is 10.2 Å². The predicted octanol–water partition coefficient (Wildman–Crippen LogP) is 2.33. The zero-order chi connectivity index (χ0) is 25.8. The number of rotatable bonds is 5.